The fourth-order valence-electron chi connectivity index (χ4n) is 2.08. The van der Waals surface area contributed by atoms with Crippen molar-refractivity contribution in [1.29, 1.82) is 0 Å². The first-order chi connectivity index (χ1) is 10.7. The summed E-state index contributed by atoms with van der Waals surface area (Å²) in [6.07, 6.45) is 1.59. The molecule has 0 radical (unpaired) electrons. The molecule has 2 heterocycles. The van der Waals surface area contributed by atoms with Gasteiger partial charge in [-0.25, -0.2) is 0 Å². The molecule has 0 amide bonds. The van der Waals surface area contributed by atoms with E-state index in [1.54, 1.807) is 7.11 Å². The second-order valence-electron chi connectivity index (χ2n) is 6.36. The van der Waals surface area contributed by atoms with Crippen molar-refractivity contribution < 1.29 is 28.4 Å². The molecule has 0 spiro atoms. The lowest BCUT2D eigenvalue weighted by atomic mass is 9.88. The van der Waals surface area contributed by atoms with E-state index in [4.69, 9.17) is 28.4 Å². The van der Waals surface area contributed by atoms with Crippen LogP contribution < -0.4 is 0 Å². The molecule has 2 rings (SSSR count). The predicted octanol–water partition coefficient (Wildman–Crippen LogP) is 1.27. The third-order valence-electron chi connectivity index (χ3n) is 4.14. The normalized spacial score (nSPS) is 27.4. The Morgan fingerprint density at radius 2 is 1.50 bits per heavy atom. The van der Waals surface area contributed by atoms with Crippen LogP contribution in [-0.2, 0) is 28.4 Å². The van der Waals surface area contributed by atoms with Gasteiger partial charge in [-0.2, -0.15) is 0 Å². The highest BCUT2D eigenvalue weighted by Crippen LogP contribution is 2.25. The average Bonchev–Trinajstić information content (AvgIpc) is 3.41. The van der Waals surface area contributed by atoms with E-state index < -0.39 is 0 Å². The molecule has 22 heavy (non-hydrogen) atoms. The monoisotopic (exact) mass is 318 g/mol. The van der Waals surface area contributed by atoms with E-state index in [0.717, 1.165) is 19.6 Å². The number of hydrogen-bond acceptors (Lipinski definition) is 6. The van der Waals surface area contributed by atoms with Crippen LogP contribution in [0.25, 0.3) is 0 Å². The molecule has 0 aromatic carbocycles. The lowest BCUT2D eigenvalue weighted by Crippen LogP contribution is -2.38. The zero-order chi connectivity index (χ0) is 15.8. The largest absolute Gasteiger partial charge is 0.379 e. The highest BCUT2D eigenvalue weighted by molar-refractivity contribution is 4.80. The molecule has 0 bridgehead atoms. The predicted molar refractivity (Wildman–Crippen MR) is 81.1 cm³/mol. The van der Waals surface area contributed by atoms with Crippen molar-refractivity contribution in [1.82, 2.24) is 0 Å². The van der Waals surface area contributed by atoms with Gasteiger partial charge in [-0.15, -0.1) is 0 Å². The summed E-state index contributed by atoms with van der Waals surface area (Å²) >= 11 is 0. The van der Waals surface area contributed by atoms with E-state index in [1.807, 2.05) is 6.92 Å². The van der Waals surface area contributed by atoms with Crippen LogP contribution in [0.4, 0.5) is 0 Å². The number of hydrogen-bond donors (Lipinski definition) is 0. The lowest BCUT2D eigenvalue weighted by molar-refractivity contribution is -0.0872. The number of rotatable bonds is 14. The maximum absolute atomic E-state index is 5.84. The Morgan fingerprint density at radius 1 is 1.00 bits per heavy atom. The fraction of sp³-hybridized carbons (Fsp3) is 1.00. The van der Waals surface area contributed by atoms with Crippen molar-refractivity contribution >= 4 is 0 Å². The Bertz CT molecular complexity index is 285. The van der Waals surface area contributed by atoms with Gasteiger partial charge in [0.25, 0.3) is 0 Å². The Kier molecular flexibility index (Phi) is 7.53. The zero-order valence-electron chi connectivity index (χ0n) is 14.0. The summed E-state index contributed by atoms with van der Waals surface area (Å²) in [6.45, 7) is 9.51. The molecule has 0 N–H and O–H groups in total. The van der Waals surface area contributed by atoms with Gasteiger partial charge in [0.05, 0.1) is 59.0 Å². The Balaban J connectivity index is 1.74. The highest BCUT2D eigenvalue weighted by Gasteiger charge is 2.33. The number of epoxide rings is 2. The van der Waals surface area contributed by atoms with Crippen LogP contribution in [0, 0.1) is 5.41 Å². The zero-order valence-corrected chi connectivity index (χ0v) is 14.0. The number of methoxy groups -OCH3 is 1. The first kappa shape index (κ1) is 18.1. The average molecular weight is 318 g/mol. The third-order valence-corrected chi connectivity index (χ3v) is 4.14. The second kappa shape index (κ2) is 9.15. The summed E-state index contributed by atoms with van der Waals surface area (Å²) in [7, 11) is 1.69. The van der Waals surface area contributed by atoms with Gasteiger partial charge in [0, 0.05) is 12.5 Å². The van der Waals surface area contributed by atoms with Crippen LogP contribution in [-0.4, -0.2) is 78.3 Å². The molecule has 0 saturated carbocycles. The SMILES string of the molecule is CCC(COCC(C)OC)(COCC1CO1)COCC1CO1. The molecule has 2 aliphatic heterocycles. The van der Waals surface area contributed by atoms with Crippen LogP contribution in [0.1, 0.15) is 20.3 Å². The van der Waals surface area contributed by atoms with Gasteiger partial charge in [-0.05, 0) is 13.3 Å². The standard InChI is InChI=1S/C16H30O6/c1-4-16(10-18-5-13(2)17-3,11-19-6-14-8-21-14)12-20-7-15-9-22-15/h13-15H,4-12H2,1-3H3. The van der Waals surface area contributed by atoms with E-state index in [1.165, 1.54) is 0 Å². The molecule has 6 nitrogen and oxygen atoms in total. The van der Waals surface area contributed by atoms with Crippen molar-refractivity contribution in [3.63, 3.8) is 0 Å². The Morgan fingerprint density at radius 3 is 1.91 bits per heavy atom. The van der Waals surface area contributed by atoms with Crippen molar-refractivity contribution in [2.75, 3.05) is 60.0 Å². The van der Waals surface area contributed by atoms with E-state index in [9.17, 15) is 0 Å². The minimum absolute atomic E-state index is 0.0936. The van der Waals surface area contributed by atoms with E-state index in [-0.39, 0.29) is 23.7 Å². The molecule has 3 atom stereocenters. The van der Waals surface area contributed by atoms with E-state index in [0.29, 0.717) is 39.6 Å². The van der Waals surface area contributed by atoms with Crippen LogP contribution in [0.2, 0.25) is 0 Å². The minimum Gasteiger partial charge on any atom is -0.379 e. The highest BCUT2D eigenvalue weighted by atomic mass is 16.6. The van der Waals surface area contributed by atoms with Gasteiger partial charge in [0.2, 0.25) is 0 Å². The molecule has 3 unspecified atom stereocenters. The molecule has 2 saturated heterocycles. The molecule has 0 aromatic heterocycles. The number of ether oxygens (including phenoxy) is 6. The smallest absolute Gasteiger partial charge is 0.104 e. The van der Waals surface area contributed by atoms with Crippen molar-refractivity contribution in [3.05, 3.63) is 0 Å². The summed E-state index contributed by atoms with van der Waals surface area (Å²) in [4.78, 5) is 0. The fourth-order valence-corrected chi connectivity index (χ4v) is 2.08. The first-order valence-electron chi connectivity index (χ1n) is 8.16. The third kappa shape index (κ3) is 6.89. The van der Waals surface area contributed by atoms with Crippen LogP contribution >= 0.6 is 0 Å². The van der Waals surface area contributed by atoms with Gasteiger partial charge in [0.15, 0.2) is 0 Å². The molecule has 2 aliphatic rings. The summed E-state index contributed by atoms with van der Waals surface area (Å²) in [5.74, 6) is 0. The summed E-state index contributed by atoms with van der Waals surface area (Å²) in [5.41, 5.74) is -0.128. The molecule has 0 aromatic rings. The Labute approximate surface area is 133 Å². The van der Waals surface area contributed by atoms with Crippen molar-refractivity contribution in [3.8, 4) is 0 Å². The molecular formula is C16H30O6. The molecule has 2 fully saturated rings. The van der Waals surface area contributed by atoms with E-state index >= 15 is 0 Å². The lowest BCUT2D eigenvalue weighted by Gasteiger charge is -2.32. The second-order valence-corrected chi connectivity index (χ2v) is 6.36. The maximum atomic E-state index is 5.84. The van der Waals surface area contributed by atoms with Gasteiger partial charge >= 0.3 is 0 Å². The minimum atomic E-state index is -0.128. The van der Waals surface area contributed by atoms with Crippen LogP contribution in [0.3, 0.4) is 0 Å². The summed E-state index contributed by atoms with van der Waals surface area (Å²) in [6, 6.07) is 0. The quantitative estimate of drug-likeness (QED) is 0.449. The van der Waals surface area contributed by atoms with Crippen molar-refractivity contribution in [2.45, 2.75) is 38.6 Å². The van der Waals surface area contributed by atoms with Gasteiger partial charge in [-0.3, -0.25) is 0 Å². The van der Waals surface area contributed by atoms with Gasteiger partial charge in [-0.1, -0.05) is 6.92 Å². The molecule has 0 aliphatic carbocycles. The van der Waals surface area contributed by atoms with Gasteiger partial charge < -0.3 is 28.4 Å². The van der Waals surface area contributed by atoms with Crippen molar-refractivity contribution in [2.24, 2.45) is 5.41 Å². The maximum Gasteiger partial charge on any atom is 0.104 e. The first-order valence-corrected chi connectivity index (χ1v) is 8.16. The Hall–Kier alpha value is -0.240. The summed E-state index contributed by atoms with van der Waals surface area (Å²) in [5, 5.41) is 0. The van der Waals surface area contributed by atoms with E-state index in [2.05, 4.69) is 6.92 Å². The molecule has 6 heteroatoms. The van der Waals surface area contributed by atoms with Crippen LogP contribution in [0.5, 0.6) is 0 Å². The topological polar surface area (TPSA) is 62.0 Å². The van der Waals surface area contributed by atoms with Crippen LogP contribution in [0.15, 0.2) is 0 Å². The van der Waals surface area contributed by atoms with Gasteiger partial charge in [0.1, 0.15) is 12.2 Å². The summed E-state index contributed by atoms with van der Waals surface area (Å²) < 4.78 is 33.1. The molecule has 130 valence electrons. The molecular weight excluding hydrogens is 288 g/mol.